The smallest absolute Gasteiger partial charge is 0.454 e. The van der Waals surface area contributed by atoms with E-state index >= 15 is 4.57 Å². The van der Waals surface area contributed by atoms with Crippen LogP contribution >= 0.6 is 7.82 Å². The van der Waals surface area contributed by atoms with Crippen LogP contribution < -0.4 is 42.0 Å². The molecule has 0 amide bonds. The summed E-state index contributed by atoms with van der Waals surface area (Å²) in [5.41, 5.74) is 5.52. The molecule has 14 heteroatoms. The van der Waals surface area contributed by atoms with E-state index in [1.807, 2.05) is 127 Å². The standard InChI is InChI=1S/C60H36N3O10P/c64-74(71-52-25-46(40-19-7-13-34-10-1-4-16-37(34)40)61-49-28-58-55(22-43(49)52)65-31-68-58,72-53-26-47(41-20-8-14-35-11-2-5-17-38(35)41)62-50-29-59-56(23-44(50)53)66-32-69-59)73-54-27-48(42-21-9-15-36-12-3-6-18-39(36)42)63-51-30-60-57(24-45(51)54)67-33-70-60/h1-30H,31-33H2. The van der Waals surface area contributed by atoms with Crippen molar-refractivity contribution in [3.8, 4) is 85.5 Å². The minimum Gasteiger partial charge on any atom is -0.454 e. The molecule has 13 nitrogen and oxygen atoms in total. The summed E-state index contributed by atoms with van der Waals surface area (Å²) in [5, 5.41) is 7.28. The summed E-state index contributed by atoms with van der Waals surface area (Å²) in [6, 6.07) is 58.1. The maximum Gasteiger partial charge on any atom is 0.647 e. The quantitative estimate of drug-likeness (QED) is 0.127. The van der Waals surface area contributed by atoms with Gasteiger partial charge < -0.3 is 42.0 Å². The molecule has 0 fully saturated rings. The van der Waals surface area contributed by atoms with E-state index in [4.69, 9.17) is 56.9 Å². The zero-order valence-corrected chi connectivity index (χ0v) is 39.7. The summed E-state index contributed by atoms with van der Waals surface area (Å²) in [6.07, 6.45) is 0. The first-order valence-corrected chi connectivity index (χ1v) is 25.3. The van der Waals surface area contributed by atoms with Crippen molar-refractivity contribution in [2.45, 2.75) is 0 Å². The summed E-state index contributed by atoms with van der Waals surface area (Å²) in [7, 11) is -5.04. The SMILES string of the molecule is O=P(Oc1cc(-c2cccc3ccccc23)nc2cc3c(cc12)OCO3)(Oc1cc(-c2cccc3ccccc23)nc2cc3c(cc12)OCO3)Oc1cc(-c2cccc3ccccc23)nc2cc3c(cc12)OCO3. The van der Waals surface area contributed by atoms with Crippen LogP contribution in [0.2, 0.25) is 0 Å². The Labute approximate surface area is 420 Å². The largest absolute Gasteiger partial charge is 0.647 e. The lowest BCUT2D eigenvalue weighted by Gasteiger charge is -2.23. The van der Waals surface area contributed by atoms with Crippen molar-refractivity contribution in [1.29, 1.82) is 0 Å². The van der Waals surface area contributed by atoms with Crippen LogP contribution in [0, 0.1) is 0 Å². The molecule has 0 aliphatic carbocycles. The molecule has 0 saturated carbocycles. The number of aromatic nitrogens is 3. The van der Waals surface area contributed by atoms with Gasteiger partial charge in [0.25, 0.3) is 0 Å². The van der Waals surface area contributed by atoms with Gasteiger partial charge in [0.2, 0.25) is 20.4 Å². The van der Waals surface area contributed by atoms with Crippen molar-refractivity contribution in [1.82, 2.24) is 15.0 Å². The Balaban J connectivity index is 0.977. The highest BCUT2D eigenvalue weighted by atomic mass is 31.2. The molecular formula is C60H36N3O10P. The summed E-state index contributed by atoms with van der Waals surface area (Å²) in [4.78, 5) is 15.5. The van der Waals surface area contributed by atoms with E-state index in [-0.39, 0.29) is 37.6 Å². The Kier molecular flexibility index (Phi) is 9.39. The van der Waals surface area contributed by atoms with Crippen LogP contribution in [0.1, 0.15) is 0 Å². The fraction of sp³-hybridized carbons (Fsp3) is 0.0500. The normalized spacial score (nSPS) is 13.4. The molecule has 0 bridgehead atoms. The van der Waals surface area contributed by atoms with Crippen LogP contribution in [0.25, 0.3) is 98.8 Å². The highest BCUT2D eigenvalue weighted by Crippen LogP contribution is 2.56. The van der Waals surface area contributed by atoms with Crippen molar-refractivity contribution >= 4 is 72.8 Å². The van der Waals surface area contributed by atoms with E-state index in [2.05, 4.69) is 0 Å². The highest BCUT2D eigenvalue weighted by Gasteiger charge is 2.38. The van der Waals surface area contributed by atoms with Gasteiger partial charge >= 0.3 is 7.82 Å². The summed E-state index contributed by atoms with van der Waals surface area (Å²) in [6.45, 7) is 0.0475. The van der Waals surface area contributed by atoms with Crippen LogP contribution in [-0.4, -0.2) is 35.3 Å². The minimum absolute atomic E-state index is 0.0158. The zero-order valence-electron chi connectivity index (χ0n) is 38.8. The minimum atomic E-state index is -5.04. The third-order valence-corrected chi connectivity index (χ3v) is 14.9. The van der Waals surface area contributed by atoms with Crippen LogP contribution in [0.15, 0.2) is 182 Å². The van der Waals surface area contributed by atoms with Gasteiger partial charge in [-0.3, -0.25) is 0 Å². The van der Waals surface area contributed by atoms with Gasteiger partial charge in [0, 0.05) is 69.2 Å². The van der Waals surface area contributed by atoms with E-state index < -0.39 is 7.82 Å². The molecule has 3 aliphatic heterocycles. The van der Waals surface area contributed by atoms with Gasteiger partial charge in [-0.25, -0.2) is 15.0 Å². The Bertz CT molecular complexity index is 3960. The van der Waals surface area contributed by atoms with Crippen LogP contribution in [0.5, 0.6) is 51.7 Å². The molecule has 0 N–H and O–H groups in total. The Hall–Kier alpha value is -9.58. The molecule has 9 aromatic carbocycles. The first-order valence-electron chi connectivity index (χ1n) is 23.8. The number of phosphoric ester groups is 1. The molecule has 0 radical (unpaired) electrons. The topological polar surface area (TPSA) is 139 Å². The molecule has 0 unspecified atom stereocenters. The molecule has 356 valence electrons. The number of ether oxygens (including phenoxy) is 6. The fourth-order valence-corrected chi connectivity index (χ4v) is 11.4. The lowest BCUT2D eigenvalue weighted by Crippen LogP contribution is -2.09. The van der Waals surface area contributed by atoms with Gasteiger partial charge in [0.05, 0.1) is 33.6 Å². The lowest BCUT2D eigenvalue weighted by atomic mass is 10.0. The third kappa shape index (κ3) is 7.08. The van der Waals surface area contributed by atoms with Crippen molar-refractivity contribution in [3.05, 3.63) is 182 Å². The van der Waals surface area contributed by atoms with Gasteiger partial charge in [-0.15, -0.1) is 0 Å². The van der Waals surface area contributed by atoms with E-state index in [0.29, 0.717) is 84.3 Å². The Morgan fingerprint density at radius 1 is 0.324 bits per heavy atom. The Morgan fingerprint density at radius 3 is 0.932 bits per heavy atom. The van der Waals surface area contributed by atoms with Crippen molar-refractivity contribution < 1.29 is 46.6 Å². The van der Waals surface area contributed by atoms with Crippen LogP contribution in [0.3, 0.4) is 0 Å². The van der Waals surface area contributed by atoms with E-state index in [9.17, 15) is 0 Å². The number of pyridine rings is 3. The van der Waals surface area contributed by atoms with Gasteiger partial charge in [-0.2, -0.15) is 4.57 Å². The van der Waals surface area contributed by atoms with Gasteiger partial charge in [-0.05, 0) is 50.5 Å². The van der Waals surface area contributed by atoms with Crippen molar-refractivity contribution in [2.75, 3.05) is 20.4 Å². The molecular weight excluding hydrogens is 954 g/mol. The molecule has 15 rings (SSSR count). The summed E-state index contributed by atoms with van der Waals surface area (Å²) in [5.74, 6) is 3.31. The second kappa shape index (κ2) is 16.5. The molecule has 0 atom stereocenters. The van der Waals surface area contributed by atoms with Gasteiger partial charge in [0.1, 0.15) is 17.2 Å². The summed E-state index contributed by atoms with van der Waals surface area (Å²) >= 11 is 0. The molecule has 3 aliphatic rings. The number of nitrogens with zero attached hydrogens (tertiary/aromatic N) is 3. The predicted molar refractivity (Wildman–Crippen MR) is 282 cm³/mol. The molecule has 0 saturated heterocycles. The number of hydrogen-bond donors (Lipinski definition) is 0. The first kappa shape index (κ1) is 42.1. The van der Waals surface area contributed by atoms with E-state index in [1.165, 1.54) is 0 Å². The first-order chi connectivity index (χ1) is 36.4. The molecule has 12 aromatic rings. The summed E-state index contributed by atoms with van der Waals surface area (Å²) < 4.78 is 73.1. The second-order valence-electron chi connectivity index (χ2n) is 18.0. The maximum atomic E-state index is 16.8. The number of hydrogen-bond acceptors (Lipinski definition) is 13. The maximum absolute atomic E-state index is 16.8. The molecule has 0 spiro atoms. The molecule has 74 heavy (non-hydrogen) atoms. The predicted octanol–water partition coefficient (Wildman–Crippen LogP) is 14.6. The van der Waals surface area contributed by atoms with E-state index in [1.54, 1.807) is 54.6 Å². The average Bonchev–Trinajstić information content (AvgIpc) is 4.22. The second-order valence-corrected chi connectivity index (χ2v) is 19.4. The van der Waals surface area contributed by atoms with Crippen molar-refractivity contribution in [2.24, 2.45) is 0 Å². The van der Waals surface area contributed by atoms with Gasteiger partial charge in [0.15, 0.2) is 34.5 Å². The molecule has 3 aromatic heterocycles. The number of phosphoric acid groups is 1. The highest BCUT2D eigenvalue weighted by molar-refractivity contribution is 7.49. The van der Waals surface area contributed by atoms with E-state index in [0.717, 1.165) is 49.0 Å². The van der Waals surface area contributed by atoms with Gasteiger partial charge in [-0.1, -0.05) is 127 Å². The van der Waals surface area contributed by atoms with Crippen molar-refractivity contribution in [3.63, 3.8) is 0 Å². The average molecular weight is 990 g/mol. The number of benzene rings is 9. The number of rotatable bonds is 9. The Morgan fingerprint density at radius 2 is 0.608 bits per heavy atom. The lowest BCUT2D eigenvalue weighted by molar-refractivity contribution is 0.173. The monoisotopic (exact) mass is 989 g/mol. The zero-order chi connectivity index (χ0) is 48.9. The van der Waals surface area contributed by atoms with Crippen LogP contribution in [-0.2, 0) is 4.57 Å². The third-order valence-electron chi connectivity index (χ3n) is 13.6. The fourth-order valence-electron chi connectivity index (χ4n) is 10.2. The molecule has 6 heterocycles. The number of fused-ring (bicyclic) bond motifs is 9. The van der Waals surface area contributed by atoms with Crippen LogP contribution in [0.4, 0.5) is 0 Å².